The second kappa shape index (κ2) is 6.62. The second-order valence-electron chi connectivity index (χ2n) is 3.64. The van der Waals surface area contributed by atoms with Gasteiger partial charge in [-0.05, 0) is 18.2 Å². The van der Waals surface area contributed by atoms with Crippen LogP contribution < -0.4 is 5.43 Å². The number of hydrazone groups is 1. The molecule has 0 aliphatic rings. The minimum Gasteiger partial charge on any atom is -0.275 e. The monoisotopic (exact) mass is 376 g/mol. The van der Waals surface area contributed by atoms with E-state index in [9.17, 15) is 0 Å². The van der Waals surface area contributed by atoms with Crippen molar-refractivity contribution >= 4 is 62.6 Å². The van der Waals surface area contributed by atoms with Crippen molar-refractivity contribution < 1.29 is 0 Å². The molecule has 0 bridgehead atoms. The Balaban J connectivity index is 2.18. The Morgan fingerprint density at radius 3 is 2.32 bits per heavy atom. The number of nitrogens with one attached hydrogen (secondary N) is 1. The highest BCUT2D eigenvalue weighted by Gasteiger charge is 2.06. The zero-order valence-corrected chi connectivity index (χ0v) is 13.4. The standard InChI is InChI=1S/C13H8BrCl3N2/c14-10-4-2-1-3-8(10)7-18-19-13-11(16)5-9(15)6-12(13)17/h1-7,19H. The minimum absolute atomic E-state index is 0.418. The van der Waals surface area contributed by atoms with Crippen LogP contribution in [-0.4, -0.2) is 6.21 Å². The molecule has 2 aromatic carbocycles. The van der Waals surface area contributed by atoms with Gasteiger partial charge in [0.15, 0.2) is 0 Å². The Kier molecular flexibility index (Phi) is 5.11. The summed E-state index contributed by atoms with van der Waals surface area (Å²) in [5.41, 5.74) is 4.28. The van der Waals surface area contributed by atoms with Gasteiger partial charge in [0.2, 0.25) is 0 Å². The van der Waals surface area contributed by atoms with E-state index < -0.39 is 0 Å². The van der Waals surface area contributed by atoms with E-state index in [2.05, 4.69) is 26.5 Å². The quantitative estimate of drug-likeness (QED) is 0.525. The van der Waals surface area contributed by atoms with Gasteiger partial charge in [-0.15, -0.1) is 0 Å². The third-order valence-corrected chi connectivity index (χ3v) is 3.83. The summed E-state index contributed by atoms with van der Waals surface area (Å²) in [7, 11) is 0. The average molecular weight is 378 g/mol. The van der Waals surface area contributed by atoms with Gasteiger partial charge in [0.1, 0.15) is 0 Å². The Morgan fingerprint density at radius 1 is 1.05 bits per heavy atom. The van der Waals surface area contributed by atoms with Crippen molar-refractivity contribution in [1.82, 2.24) is 0 Å². The first-order valence-electron chi connectivity index (χ1n) is 5.26. The average Bonchev–Trinajstić information content (AvgIpc) is 2.34. The summed E-state index contributed by atoms with van der Waals surface area (Å²) in [5.74, 6) is 0. The number of hydrogen-bond donors (Lipinski definition) is 1. The summed E-state index contributed by atoms with van der Waals surface area (Å²) < 4.78 is 0.953. The Hall–Kier alpha value is -0.740. The summed E-state index contributed by atoms with van der Waals surface area (Å²) in [6.07, 6.45) is 1.67. The molecule has 0 aromatic heterocycles. The third-order valence-electron chi connectivity index (χ3n) is 2.29. The van der Waals surface area contributed by atoms with Gasteiger partial charge >= 0.3 is 0 Å². The SMILES string of the molecule is Clc1cc(Cl)c(NN=Cc2ccccc2Br)c(Cl)c1. The van der Waals surface area contributed by atoms with E-state index in [0.29, 0.717) is 20.8 Å². The Morgan fingerprint density at radius 2 is 1.68 bits per heavy atom. The van der Waals surface area contributed by atoms with Crippen LogP contribution in [0.5, 0.6) is 0 Å². The molecule has 0 atom stereocenters. The van der Waals surface area contributed by atoms with E-state index in [4.69, 9.17) is 34.8 Å². The van der Waals surface area contributed by atoms with E-state index in [0.717, 1.165) is 10.0 Å². The first-order chi connectivity index (χ1) is 9.08. The van der Waals surface area contributed by atoms with Crippen LogP contribution in [-0.2, 0) is 0 Å². The van der Waals surface area contributed by atoms with E-state index in [1.54, 1.807) is 18.3 Å². The number of benzene rings is 2. The summed E-state index contributed by atoms with van der Waals surface area (Å²) in [4.78, 5) is 0. The molecule has 2 nitrogen and oxygen atoms in total. The van der Waals surface area contributed by atoms with Gasteiger partial charge in [-0.2, -0.15) is 5.10 Å². The van der Waals surface area contributed by atoms with Gasteiger partial charge in [-0.3, -0.25) is 5.43 Å². The Labute approximate surface area is 134 Å². The van der Waals surface area contributed by atoms with Crippen LogP contribution in [0, 0.1) is 0 Å². The van der Waals surface area contributed by atoms with Crippen LogP contribution in [0.25, 0.3) is 0 Å². The largest absolute Gasteiger partial charge is 0.275 e. The van der Waals surface area contributed by atoms with E-state index >= 15 is 0 Å². The molecule has 98 valence electrons. The van der Waals surface area contributed by atoms with Crippen molar-refractivity contribution in [3.8, 4) is 0 Å². The van der Waals surface area contributed by atoms with Gasteiger partial charge in [0.05, 0.1) is 21.9 Å². The second-order valence-corrected chi connectivity index (χ2v) is 5.74. The van der Waals surface area contributed by atoms with Crippen LogP contribution in [0.4, 0.5) is 5.69 Å². The van der Waals surface area contributed by atoms with Crippen molar-refractivity contribution in [2.45, 2.75) is 0 Å². The van der Waals surface area contributed by atoms with E-state index in [1.807, 2.05) is 24.3 Å². The summed E-state index contributed by atoms with van der Waals surface area (Å²) >= 11 is 21.3. The highest BCUT2D eigenvalue weighted by Crippen LogP contribution is 2.33. The third kappa shape index (κ3) is 3.86. The van der Waals surface area contributed by atoms with Crippen LogP contribution in [0.1, 0.15) is 5.56 Å². The van der Waals surface area contributed by atoms with E-state index in [-0.39, 0.29) is 0 Å². The lowest BCUT2D eigenvalue weighted by molar-refractivity contribution is 1.35. The predicted molar refractivity (Wildman–Crippen MR) is 86.8 cm³/mol. The lowest BCUT2D eigenvalue weighted by atomic mass is 10.2. The zero-order valence-electron chi connectivity index (χ0n) is 9.50. The maximum absolute atomic E-state index is 6.03. The molecule has 6 heteroatoms. The lowest BCUT2D eigenvalue weighted by Gasteiger charge is -2.06. The van der Waals surface area contributed by atoms with Gasteiger partial charge in [0, 0.05) is 15.1 Å². The van der Waals surface area contributed by atoms with E-state index in [1.165, 1.54) is 0 Å². The number of hydrogen-bond acceptors (Lipinski definition) is 2. The summed E-state index contributed by atoms with van der Waals surface area (Å²) in [6.45, 7) is 0. The fourth-order valence-electron chi connectivity index (χ4n) is 1.40. The molecule has 0 amide bonds. The fourth-order valence-corrected chi connectivity index (χ4v) is 2.68. The molecule has 2 rings (SSSR count). The molecular weight excluding hydrogens is 370 g/mol. The molecule has 0 heterocycles. The molecule has 0 spiro atoms. The first-order valence-corrected chi connectivity index (χ1v) is 7.19. The van der Waals surface area contributed by atoms with Crippen LogP contribution in [0.15, 0.2) is 46.0 Å². The zero-order chi connectivity index (χ0) is 13.8. The Bertz CT molecular complexity index is 606. The fraction of sp³-hybridized carbons (Fsp3) is 0. The van der Waals surface area contributed by atoms with Crippen LogP contribution in [0.2, 0.25) is 15.1 Å². The van der Waals surface area contributed by atoms with Crippen molar-refractivity contribution in [2.75, 3.05) is 5.43 Å². The molecule has 0 unspecified atom stereocenters. The summed E-state index contributed by atoms with van der Waals surface area (Å²) in [6, 6.07) is 10.9. The van der Waals surface area contributed by atoms with Crippen molar-refractivity contribution in [3.63, 3.8) is 0 Å². The van der Waals surface area contributed by atoms with Crippen molar-refractivity contribution in [1.29, 1.82) is 0 Å². The minimum atomic E-state index is 0.418. The van der Waals surface area contributed by atoms with Gasteiger partial charge in [-0.1, -0.05) is 68.9 Å². The predicted octanol–water partition coefficient (Wildman–Crippen LogP) is 5.86. The highest BCUT2D eigenvalue weighted by atomic mass is 79.9. The maximum Gasteiger partial charge on any atom is 0.0935 e. The summed E-state index contributed by atoms with van der Waals surface area (Å²) in [5, 5.41) is 5.43. The number of halogens is 4. The number of rotatable bonds is 3. The van der Waals surface area contributed by atoms with Crippen LogP contribution >= 0.6 is 50.7 Å². The van der Waals surface area contributed by atoms with Gasteiger partial charge in [0.25, 0.3) is 0 Å². The smallest absolute Gasteiger partial charge is 0.0935 e. The topological polar surface area (TPSA) is 24.4 Å². The van der Waals surface area contributed by atoms with Crippen molar-refractivity contribution in [3.05, 3.63) is 61.5 Å². The molecule has 19 heavy (non-hydrogen) atoms. The molecule has 0 saturated heterocycles. The van der Waals surface area contributed by atoms with Crippen LogP contribution in [0.3, 0.4) is 0 Å². The normalized spacial score (nSPS) is 10.9. The molecular formula is C13H8BrCl3N2. The molecule has 2 aromatic rings. The van der Waals surface area contributed by atoms with Gasteiger partial charge < -0.3 is 0 Å². The molecule has 0 radical (unpaired) electrons. The number of anilines is 1. The molecule has 0 fully saturated rings. The first kappa shape index (κ1) is 14.7. The maximum atomic E-state index is 6.03. The lowest BCUT2D eigenvalue weighted by Crippen LogP contribution is -1.93. The molecule has 0 aliphatic heterocycles. The van der Waals surface area contributed by atoms with Gasteiger partial charge in [-0.25, -0.2) is 0 Å². The molecule has 0 aliphatic carbocycles. The molecule has 1 N–H and O–H groups in total. The van der Waals surface area contributed by atoms with Crippen molar-refractivity contribution in [2.24, 2.45) is 5.10 Å². The molecule has 0 saturated carbocycles. The highest BCUT2D eigenvalue weighted by molar-refractivity contribution is 9.10. The number of nitrogens with zero attached hydrogens (tertiary/aromatic N) is 1.